The maximum Gasteiger partial charge on any atom is 0.221 e. The van der Waals surface area contributed by atoms with Gasteiger partial charge in [0.05, 0.1) is 5.02 Å². The minimum atomic E-state index is -0.238. The zero-order chi connectivity index (χ0) is 10.0. The van der Waals surface area contributed by atoms with Gasteiger partial charge in [0.25, 0.3) is 0 Å². The third-order valence-corrected chi connectivity index (χ3v) is 2.12. The van der Waals surface area contributed by atoms with Gasteiger partial charge >= 0.3 is 0 Å². The number of carbonyl (C=O) groups is 1. The van der Waals surface area contributed by atoms with Crippen molar-refractivity contribution in [3.63, 3.8) is 0 Å². The molecule has 0 aromatic heterocycles. The van der Waals surface area contributed by atoms with Gasteiger partial charge in [-0.3, -0.25) is 4.79 Å². The molecule has 1 aromatic rings. The van der Waals surface area contributed by atoms with Crippen LogP contribution in [0.4, 0.5) is 5.69 Å². The molecule has 1 aromatic carbocycles. The monoisotopic (exact) mass is 219 g/mol. The summed E-state index contributed by atoms with van der Waals surface area (Å²) >= 11 is 11.3. The molecule has 1 amide bonds. The highest BCUT2D eigenvalue weighted by Crippen LogP contribution is 2.34. The van der Waals surface area contributed by atoms with Gasteiger partial charge in [0.15, 0.2) is 0 Å². The normalized spacial score (nSPS) is 9.77. The van der Waals surface area contributed by atoms with E-state index in [1.54, 1.807) is 0 Å². The summed E-state index contributed by atoms with van der Waals surface area (Å²) in [4.78, 5) is 10.7. The van der Waals surface area contributed by atoms with Gasteiger partial charge in [-0.2, -0.15) is 0 Å². The lowest BCUT2D eigenvalue weighted by molar-refractivity contribution is -0.114. The van der Waals surface area contributed by atoms with Crippen LogP contribution >= 0.6 is 23.2 Å². The first kappa shape index (κ1) is 10.2. The van der Waals surface area contributed by atoms with Crippen molar-refractivity contribution in [3.8, 4) is 5.75 Å². The van der Waals surface area contributed by atoms with E-state index in [0.717, 1.165) is 0 Å². The number of carbonyl (C=O) groups excluding carboxylic acids is 1. The molecule has 3 nitrogen and oxygen atoms in total. The Hall–Kier alpha value is -0.930. The van der Waals surface area contributed by atoms with Gasteiger partial charge in [-0.15, -0.1) is 0 Å². The molecule has 0 atom stereocenters. The van der Waals surface area contributed by atoms with Crippen LogP contribution in [0, 0.1) is 0 Å². The molecule has 0 aliphatic carbocycles. The molecule has 5 heteroatoms. The van der Waals surface area contributed by atoms with Crippen LogP contribution in [-0.4, -0.2) is 11.0 Å². The van der Waals surface area contributed by atoms with E-state index in [0.29, 0.717) is 5.69 Å². The molecule has 0 saturated heterocycles. The van der Waals surface area contributed by atoms with Gasteiger partial charge in [0.1, 0.15) is 10.8 Å². The van der Waals surface area contributed by atoms with E-state index in [1.807, 2.05) is 0 Å². The summed E-state index contributed by atoms with van der Waals surface area (Å²) in [6, 6.07) is 2.79. The summed E-state index contributed by atoms with van der Waals surface area (Å²) in [5.41, 5.74) is 0.416. The average Bonchev–Trinajstić information content (AvgIpc) is 1.98. The van der Waals surface area contributed by atoms with Crippen molar-refractivity contribution in [2.24, 2.45) is 0 Å². The number of rotatable bonds is 1. The van der Waals surface area contributed by atoms with Crippen molar-refractivity contribution >= 4 is 34.8 Å². The van der Waals surface area contributed by atoms with E-state index >= 15 is 0 Å². The van der Waals surface area contributed by atoms with Crippen molar-refractivity contribution in [1.29, 1.82) is 0 Å². The van der Waals surface area contributed by atoms with Gasteiger partial charge < -0.3 is 10.4 Å². The van der Waals surface area contributed by atoms with Gasteiger partial charge in [-0.1, -0.05) is 23.2 Å². The standard InChI is InChI=1S/C8H7Cl2NO2/c1-4(12)11-5-2-6(9)8(10)7(13)3-5/h2-3,13H,1H3,(H,11,12). The number of halogens is 2. The lowest BCUT2D eigenvalue weighted by atomic mass is 10.3. The zero-order valence-corrected chi connectivity index (χ0v) is 8.28. The highest BCUT2D eigenvalue weighted by molar-refractivity contribution is 6.43. The second-order valence-corrected chi connectivity index (χ2v) is 3.26. The Balaban J connectivity index is 3.06. The minimum Gasteiger partial charge on any atom is -0.506 e. The predicted octanol–water partition coefficient (Wildman–Crippen LogP) is 2.66. The van der Waals surface area contributed by atoms with Crippen molar-refractivity contribution in [3.05, 3.63) is 22.2 Å². The fourth-order valence-corrected chi connectivity index (χ4v) is 1.17. The van der Waals surface area contributed by atoms with E-state index in [4.69, 9.17) is 23.2 Å². The average molecular weight is 220 g/mol. The first-order valence-corrected chi connectivity index (χ1v) is 4.22. The summed E-state index contributed by atoms with van der Waals surface area (Å²) in [7, 11) is 0. The quantitative estimate of drug-likeness (QED) is 0.764. The molecule has 0 spiro atoms. The van der Waals surface area contributed by atoms with E-state index in [1.165, 1.54) is 19.1 Å². The molecule has 0 bridgehead atoms. The highest BCUT2D eigenvalue weighted by Gasteiger charge is 2.06. The Labute approximate surface area is 85.3 Å². The molecule has 0 fully saturated rings. The summed E-state index contributed by atoms with van der Waals surface area (Å²) in [6.45, 7) is 1.36. The summed E-state index contributed by atoms with van der Waals surface area (Å²) in [6.07, 6.45) is 0. The van der Waals surface area contributed by atoms with Crippen LogP contribution in [-0.2, 0) is 4.79 Å². The molecule has 0 aliphatic heterocycles. The number of hydrogen-bond acceptors (Lipinski definition) is 2. The zero-order valence-electron chi connectivity index (χ0n) is 6.77. The number of amides is 1. The van der Waals surface area contributed by atoms with Crippen molar-refractivity contribution < 1.29 is 9.90 Å². The lowest BCUT2D eigenvalue weighted by Crippen LogP contribution is -2.05. The molecule has 13 heavy (non-hydrogen) atoms. The van der Waals surface area contributed by atoms with Crippen LogP contribution < -0.4 is 5.32 Å². The SMILES string of the molecule is CC(=O)Nc1cc(O)c(Cl)c(Cl)c1. The fourth-order valence-electron chi connectivity index (χ4n) is 0.850. The van der Waals surface area contributed by atoms with E-state index in [-0.39, 0.29) is 21.7 Å². The number of phenols is 1. The Bertz CT molecular complexity index is 329. The smallest absolute Gasteiger partial charge is 0.221 e. The number of aromatic hydroxyl groups is 1. The second-order valence-electron chi connectivity index (χ2n) is 2.47. The topological polar surface area (TPSA) is 49.3 Å². The number of hydrogen-bond donors (Lipinski definition) is 2. The Kier molecular flexibility index (Phi) is 3.01. The van der Waals surface area contributed by atoms with Gasteiger partial charge in [0.2, 0.25) is 5.91 Å². The summed E-state index contributed by atoms with van der Waals surface area (Å²) in [5.74, 6) is -0.393. The second kappa shape index (κ2) is 3.85. The summed E-state index contributed by atoms with van der Waals surface area (Å²) in [5, 5.41) is 12.0. The van der Waals surface area contributed by atoms with Crippen LogP contribution in [0.25, 0.3) is 0 Å². The van der Waals surface area contributed by atoms with Crippen LogP contribution in [0.3, 0.4) is 0 Å². The molecule has 1 rings (SSSR count). The van der Waals surface area contributed by atoms with Crippen LogP contribution in [0.15, 0.2) is 12.1 Å². The Morgan fingerprint density at radius 2 is 2.08 bits per heavy atom. The molecular formula is C8H7Cl2NO2. The predicted molar refractivity (Wildman–Crippen MR) is 52.4 cm³/mol. The highest BCUT2D eigenvalue weighted by atomic mass is 35.5. The van der Waals surface area contributed by atoms with Crippen molar-refractivity contribution in [2.45, 2.75) is 6.92 Å². The van der Waals surface area contributed by atoms with E-state index in [9.17, 15) is 9.90 Å². The first-order valence-electron chi connectivity index (χ1n) is 3.46. The van der Waals surface area contributed by atoms with E-state index in [2.05, 4.69) is 5.32 Å². The first-order chi connectivity index (χ1) is 6.00. The molecule has 0 heterocycles. The molecule has 2 N–H and O–H groups in total. The minimum absolute atomic E-state index is 0.0794. The van der Waals surface area contributed by atoms with Gasteiger partial charge in [-0.05, 0) is 6.07 Å². The number of anilines is 1. The molecular weight excluding hydrogens is 213 g/mol. The molecule has 0 unspecified atom stereocenters. The third kappa shape index (κ3) is 2.50. The van der Waals surface area contributed by atoms with Crippen LogP contribution in [0.5, 0.6) is 5.75 Å². The summed E-state index contributed by atoms with van der Waals surface area (Å²) < 4.78 is 0. The molecule has 0 radical (unpaired) electrons. The largest absolute Gasteiger partial charge is 0.506 e. The lowest BCUT2D eigenvalue weighted by Gasteiger charge is -2.05. The third-order valence-electron chi connectivity index (χ3n) is 1.33. The number of nitrogens with one attached hydrogen (secondary N) is 1. The van der Waals surface area contributed by atoms with Crippen molar-refractivity contribution in [1.82, 2.24) is 0 Å². The van der Waals surface area contributed by atoms with Crippen LogP contribution in [0.2, 0.25) is 10.0 Å². The maximum atomic E-state index is 10.7. The molecule has 0 aliphatic rings. The van der Waals surface area contributed by atoms with Crippen molar-refractivity contribution in [2.75, 3.05) is 5.32 Å². The maximum absolute atomic E-state index is 10.7. The number of phenolic OH excluding ortho intramolecular Hbond substituents is 1. The molecule has 70 valence electrons. The Morgan fingerprint density at radius 3 is 2.54 bits per heavy atom. The van der Waals surface area contributed by atoms with Crippen LogP contribution in [0.1, 0.15) is 6.92 Å². The van der Waals surface area contributed by atoms with Gasteiger partial charge in [-0.25, -0.2) is 0 Å². The van der Waals surface area contributed by atoms with E-state index < -0.39 is 0 Å². The number of benzene rings is 1. The van der Waals surface area contributed by atoms with Gasteiger partial charge in [0, 0.05) is 18.7 Å². The Morgan fingerprint density at radius 1 is 1.46 bits per heavy atom. The fraction of sp³-hybridized carbons (Fsp3) is 0.125. The molecule has 0 saturated carbocycles.